The molecule has 2 heterocycles. The van der Waals surface area contributed by atoms with Crippen LogP contribution in [0.3, 0.4) is 0 Å². The number of aliphatic carboxylic acids is 1. The van der Waals surface area contributed by atoms with Crippen molar-refractivity contribution in [1.29, 1.82) is 0 Å². The number of aromatic nitrogens is 1. The van der Waals surface area contributed by atoms with Crippen molar-refractivity contribution in [2.45, 2.75) is 39.7 Å². The summed E-state index contributed by atoms with van der Waals surface area (Å²) in [6.45, 7) is 6.06. The molecule has 1 atom stereocenters. The molecule has 0 aliphatic rings. The first-order valence-corrected chi connectivity index (χ1v) is 9.65. The Bertz CT molecular complexity index is 944. The third kappa shape index (κ3) is 3.69. The Morgan fingerprint density at radius 1 is 1.35 bits per heavy atom. The summed E-state index contributed by atoms with van der Waals surface area (Å²) in [5.41, 5.74) is 3.49. The van der Waals surface area contributed by atoms with E-state index in [-0.39, 0.29) is 0 Å². The van der Waals surface area contributed by atoms with Gasteiger partial charge >= 0.3 is 5.97 Å². The number of carboxylic acid groups (broad SMARTS) is 1. The van der Waals surface area contributed by atoms with Crippen molar-refractivity contribution in [3.8, 4) is 5.75 Å². The molecular weight excluding hydrogens is 370 g/mol. The van der Waals surface area contributed by atoms with Gasteiger partial charge in [0.2, 0.25) is 0 Å². The fraction of sp³-hybridized carbons (Fsp3) is 0.300. The highest BCUT2D eigenvalue weighted by Crippen LogP contribution is 2.35. The molecule has 4 nitrogen and oxygen atoms in total. The first-order valence-electron chi connectivity index (χ1n) is 8.40. The van der Waals surface area contributed by atoms with E-state index in [4.69, 9.17) is 16.3 Å². The molecule has 0 spiro atoms. The Hall–Kier alpha value is -2.11. The molecule has 0 saturated heterocycles. The van der Waals surface area contributed by atoms with Crippen LogP contribution >= 0.6 is 22.9 Å². The monoisotopic (exact) mass is 389 g/mol. The molecule has 1 aromatic carbocycles. The lowest BCUT2D eigenvalue weighted by Gasteiger charge is -2.12. The Balaban J connectivity index is 1.84. The maximum Gasteiger partial charge on any atom is 0.311 e. The van der Waals surface area contributed by atoms with Gasteiger partial charge in [-0.25, -0.2) is 0 Å². The smallest absolute Gasteiger partial charge is 0.311 e. The second-order valence-electron chi connectivity index (χ2n) is 6.25. The fourth-order valence-corrected chi connectivity index (χ4v) is 4.44. The number of rotatable bonds is 6. The Labute approximate surface area is 161 Å². The fourth-order valence-electron chi connectivity index (χ4n) is 3.05. The van der Waals surface area contributed by atoms with Crippen molar-refractivity contribution in [2.75, 3.05) is 0 Å². The maximum absolute atomic E-state index is 11.4. The number of aryl methyl sites for hydroxylation is 2. The number of hydrogen-bond acceptors (Lipinski definition) is 4. The summed E-state index contributed by atoms with van der Waals surface area (Å²) < 4.78 is 6.93. The topological polar surface area (TPSA) is 59.4 Å². The van der Waals surface area contributed by atoms with Gasteiger partial charge in [-0.2, -0.15) is 0 Å². The van der Waals surface area contributed by atoms with Crippen LogP contribution in [0.1, 0.15) is 41.8 Å². The van der Waals surface area contributed by atoms with E-state index in [2.05, 4.69) is 4.98 Å². The third-order valence-electron chi connectivity index (χ3n) is 4.45. The zero-order chi connectivity index (χ0) is 18.8. The number of carbonyl (C=O) groups is 1. The van der Waals surface area contributed by atoms with E-state index in [1.165, 1.54) is 11.3 Å². The Morgan fingerprint density at radius 2 is 2.12 bits per heavy atom. The normalized spacial score (nSPS) is 12.3. The minimum absolute atomic E-state index is 0.342. The Morgan fingerprint density at radius 3 is 2.77 bits per heavy atom. The lowest BCUT2D eigenvalue weighted by Crippen LogP contribution is -2.09. The zero-order valence-electron chi connectivity index (χ0n) is 14.9. The summed E-state index contributed by atoms with van der Waals surface area (Å²) in [6, 6.07) is 7.59. The number of fused-ring (bicyclic) bond motifs is 1. The number of halogens is 1. The average molecular weight is 390 g/mol. The van der Waals surface area contributed by atoms with Gasteiger partial charge in [0, 0.05) is 21.7 Å². The van der Waals surface area contributed by atoms with Crippen molar-refractivity contribution in [3.05, 3.63) is 57.2 Å². The van der Waals surface area contributed by atoms with Gasteiger partial charge in [-0.15, -0.1) is 11.3 Å². The predicted octanol–water partition coefficient (Wildman–Crippen LogP) is 5.72. The number of carboxylic acids is 1. The number of benzene rings is 1. The number of nitrogens with zero attached hydrogens (tertiary/aromatic N) is 1. The van der Waals surface area contributed by atoms with Crippen LogP contribution in [0.25, 0.3) is 10.1 Å². The molecule has 3 aromatic rings. The van der Waals surface area contributed by atoms with Crippen molar-refractivity contribution in [1.82, 2.24) is 4.98 Å². The third-order valence-corrected chi connectivity index (χ3v) is 5.75. The zero-order valence-corrected chi connectivity index (χ0v) is 16.4. The van der Waals surface area contributed by atoms with Crippen LogP contribution in [0, 0.1) is 13.8 Å². The number of ether oxygens (including phenoxy) is 1. The van der Waals surface area contributed by atoms with E-state index in [0.717, 1.165) is 38.4 Å². The SMILES string of the molecule is CCC(C(=O)O)c1csc2cc(OCc3c(Cl)cc(C)nc3C)ccc12. The molecule has 3 rings (SSSR count). The molecule has 0 aliphatic heterocycles. The summed E-state index contributed by atoms with van der Waals surface area (Å²) in [6.07, 6.45) is 0.567. The highest BCUT2D eigenvalue weighted by atomic mass is 35.5. The van der Waals surface area contributed by atoms with E-state index in [9.17, 15) is 9.90 Å². The van der Waals surface area contributed by atoms with Gasteiger partial charge in [-0.05, 0) is 60.9 Å². The minimum Gasteiger partial charge on any atom is -0.489 e. The van der Waals surface area contributed by atoms with Crippen molar-refractivity contribution >= 4 is 39.0 Å². The van der Waals surface area contributed by atoms with Crippen LogP contribution in [-0.2, 0) is 11.4 Å². The molecule has 1 unspecified atom stereocenters. The lowest BCUT2D eigenvalue weighted by molar-refractivity contribution is -0.138. The van der Waals surface area contributed by atoms with E-state index < -0.39 is 11.9 Å². The molecule has 2 aromatic heterocycles. The van der Waals surface area contributed by atoms with E-state index >= 15 is 0 Å². The summed E-state index contributed by atoms with van der Waals surface area (Å²) in [5, 5.41) is 13.0. The molecule has 0 fully saturated rings. The lowest BCUT2D eigenvalue weighted by atomic mass is 9.96. The average Bonchev–Trinajstić information content (AvgIpc) is 2.97. The summed E-state index contributed by atoms with van der Waals surface area (Å²) >= 11 is 7.84. The standard InChI is InChI=1S/C20H20ClNO3S/c1-4-14(20(23)24)17-10-26-19-8-13(5-6-15(17)19)25-9-16-12(3)22-11(2)7-18(16)21/h5-8,10,14H,4,9H2,1-3H3,(H,23,24). The van der Waals surface area contributed by atoms with Crippen LogP contribution in [0.15, 0.2) is 29.6 Å². The summed E-state index contributed by atoms with van der Waals surface area (Å²) in [5.74, 6) is -0.537. The molecule has 0 bridgehead atoms. The highest BCUT2D eigenvalue weighted by molar-refractivity contribution is 7.17. The molecule has 1 N–H and O–H groups in total. The molecule has 0 amide bonds. The van der Waals surface area contributed by atoms with Crippen LogP contribution in [0.2, 0.25) is 5.02 Å². The highest BCUT2D eigenvalue weighted by Gasteiger charge is 2.21. The van der Waals surface area contributed by atoms with Gasteiger partial charge in [0.1, 0.15) is 12.4 Å². The number of hydrogen-bond donors (Lipinski definition) is 1. The largest absolute Gasteiger partial charge is 0.489 e. The molecule has 6 heteroatoms. The van der Waals surface area contributed by atoms with Gasteiger partial charge in [0.15, 0.2) is 0 Å². The molecule has 0 radical (unpaired) electrons. The van der Waals surface area contributed by atoms with E-state index in [1.54, 1.807) is 0 Å². The van der Waals surface area contributed by atoms with Crippen LogP contribution < -0.4 is 4.74 Å². The van der Waals surface area contributed by atoms with E-state index in [1.807, 2.05) is 50.4 Å². The maximum atomic E-state index is 11.4. The van der Waals surface area contributed by atoms with Crippen molar-refractivity contribution in [3.63, 3.8) is 0 Å². The van der Waals surface area contributed by atoms with Crippen molar-refractivity contribution < 1.29 is 14.6 Å². The number of pyridine rings is 1. The van der Waals surface area contributed by atoms with Gasteiger partial charge in [0.25, 0.3) is 0 Å². The Kier molecular flexibility index (Phi) is 5.49. The van der Waals surface area contributed by atoms with Gasteiger partial charge < -0.3 is 9.84 Å². The van der Waals surface area contributed by atoms with Crippen LogP contribution in [0.4, 0.5) is 0 Å². The minimum atomic E-state index is -0.787. The van der Waals surface area contributed by atoms with E-state index in [0.29, 0.717) is 18.1 Å². The second-order valence-corrected chi connectivity index (χ2v) is 7.56. The summed E-state index contributed by atoms with van der Waals surface area (Å²) in [7, 11) is 0. The molecule has 26 heavy (non-hydrogen) atoms. The van der Waals surface area contributed by atoms with Gasteiger partial charge in [0.05, 0.1) is 10.9 Å². The molecule has 0 saturated carbocycles. The molecular formula is C20H20ClNO3S. The van der Waals surface area contributed by atoms with Crippen LogP contribution in [-0.4, -0.2) is 16.1 Å². The first-order chi connectivity index (χ1) is 12.4. The first kappa shape index (κ1) is 18.7. The summed E-state index contributed by atoms with van der Waals surface area (Å²) in [4.78, 5) is 15.9. The predicted molar refractivity (Wildman–Crippen MR) is 106 cm³/mol. The quantitative estimate of drug-likeness (QED) is 0.585. The number of thiophene rings is 1. The molecule has 0 aliphatic carbocycles. The van der Waals surface area contributed by atoms with Crippen LogP contribution in [0.5, 0.6) is 5.75 Å². The van der Waals surface area contributed by atoms with Gasteiger partial charge in [-0.1, -0.05) is 18.5 Å². The van der Waals surface area contributed by atoms with Crippen molar-refractivity contribution in [2.24, 2.45) is 0 Å². The second kappa shape index (κ2) is 7.64. The van der Waals surface area contributed by atoms with Gasteiger partial charge in [-0.3, -0.25) is 9.78 Å². The molecule has 136 valence electrons.